The number of carbonyl (C=O) groups excluding carboxylic acids is 2. The largest absolute Gasteiger partial charge is 0.331 e. The number of hydrogen-bond acceptors (Lipinski definition) is 3. The molecule has 0 aliphatic carbocycles. The average Bonchev–Trinajstić information content (AvgIpc) is 2.79. The normalized spacial score (nSPS) is 23.5. The molecule has 1 fully saturated rings. The number of amides is 2. The Balaban J connectivity index is 1.80. The Morgan fingerprint density at radius 1 is 1.33 bits per heavy atom. The van der Waals surface area contributed by atoms with Gasteiger partial charge in [-0.05, 0) is 6.92 Å². The second-order valence-corrected chi connectivity index (χ2v) is 5.58. The van der Waals surface area contributed by atoms with E-state index in [9.17, 15) is 18.4 Å². The fraction of sp³-hybridized carbons (Fsp3) is 0.615. The van der Waals surface area contributed by atoms with Crippen molar-refractivity contribution in [2.75, 3.05) is 19.6 Å². The predicted octanol–water partition coefficient (Wildman–Crippen LogP) is 0.897. The molecule has 6 nitrogen and oxygen atoms in total. The van der Waals surface area contributed by atoms with E-state index in [1.54, 1.807) is 11.1 Å². The zero-order valence-electron chi connectivity index (χ0n) is 11.8. The van der Waals surface area contributed by atoms with Crippen molar-refractivity contribution in [2.24, 2.45) is 0 Å². The molecule has 1 aromatic heterocycles. The topological polar surface area (TPSA) is 58.4 Å². The summed E-state index contributed by atoms with van der Waals surface area (Å²) in [6, 6.07) is -0.226. The average molecular weight is 298 g/mol. The highest BCUT2D eigenvalue weighted by atomic mass is 19.3. The number of halogens is 2. The van der Waals surface area contributed by atoms with Crippen molar-refractivity contribution in [1.82, 2.24) is 19.4 Å². The molecule has 0 saturated carbocycles. The molecule has 1 unspecified atom stereocenters. The van der Waals surface area contributed by atoms with Crippen LogP contribution in [0.2, 0.25) is 0 Å². The van der Waals surface area contributed by atoms with E-state index in [4.69, 9.17) is 0 Å². The van der Waals surface area contributed by atoms with Crippen LogP contribution in [0.15, 0.2) is 6.20 Å². The monoisotopic (exact) mass is 298 g/mol. The lowest BCUT2D eigenvalue weighted by Gasteiger charge is -2.38. The third kappa shape index (κ3) is 2.28. The van der Waals surface area contributed by atoms with Crippen molar-refractivity contribution in [3.63, 3.8) is 0 Å². The van der Waals surface area contributed by atoms with Gasteiger partial charge < -0.3 is 14.4 Å². The summed E-state index contributed by atoms with van der Waals surface area (Å²) in [7, 11) is 0. The molecular formula is C13H16F2N4O2. The van der Waals surface area contributed by atoms with E-state index in [1.807, 2.05) is 11.5 Å². The van der Waals surface area contributed by atoms with Gasteiger partial charge in [0.05, 0.1) is 19.1 Å². The van der Waals surface area contributed by atoms with E-state index in [1.165, 1.54) is 6.92 Å². The van der Waals surface area contributed by atoms with Crippen LogP contribution in [0.1, 0.15) is 36.2 Å². The van der Waals surface area contributed by atoms with Gasteiger partial charge >= 0.3 is 0 Å². The summed E-state index contributed by atoms with van der Waals surface area (Å²) < 4.78 is 27.5. The van der Waals surface area contributed by atoms with Crippen molar-refractivity contribution in [2.45, 2.75) is 32.4 Å². The second kappa shape index (κ2) is 4.51. The van der Waals surface area contributed by atoms with E-state index in [2.05, 4.69) is 4.98 Å². The molecule has 21 heavy (non-hydrogen) atoms. The van der Waals surface area contributed by atoms with Crippen molar-refractivity contribution in [3.05, 3.63) is 17.7 Å². The minimum atomic E-state index is -2.78. The van der Waals surface area contributed by atoms with Crippen LogP contribution in [0.3, 0.4) is 0 Å². The fourth-order valence-corrected chi connectivity index (χ4v) is 2.84. The van der Waals surface area contributed by atoms with Crippen molar-refractivity contribution in [1.29, 1.82) is 0 Å². The quantitative estimate of drug-likeness (QED) is 0.774. The predicted molar refractivity (Wildman–Crippen MR) is 68.9 cm³/mol. The molecule has 114 valence electrons. The highest BCUT2D eigenvalue weighted by Crippen LogP contribution is 2.29. The Hall–Kier alpha value is -1.99. The van der Waals surface area contributed by atoms with Gasteiger partial charge in [-0.2, -0.15) is 0 Å². The number of carbonyl (C=O) groups is 2. The number of nitrogens with zero attached hydrogens (tertiary/aromatic N) is 4. The lowest BCUT2D eigenvalue weighted by atomic mass is 10.1. The summed E-state index contributed by atoms with van der Waals surface area (Å²) in [6.45, 7) is 3.33. The molecule has 8 heteroatoms. The van der Waals surface area contributed by atoms with Gasteiger partial charge in [-0.3, -0.25) is 9.59 Å². The molecule has 0 spiro atoms. The summed E-state index contributed by atoms with van der Waals surface area (Å²) in [5.41, 5.74) is 0.165. The fourth-order valence-electron chi connectivity index (χ4n) is 2.84. The molecule has 0 N–H and O–H groups in total. The van der Waals surface area contributed by atoms with Crippen LogP contribution in [0.4, 0.5) is 8.78 Å². The second-order valence-electron chi connectivity index (χ2n) is 5.58. The first-order chi connectivity index (χ1) is 9.78. The highest BCUT2D eigenvalue weighted by Gasteiger charge is 2.47. The van der Waals surface area contributed by atoms with Gasteiger partial charge in [0.25, 0.3) is 11.8 Å². The summed E-state index contributed by atoms with van der Waals surface area (Å²) >= 11 is 0. The maximum atomic E-state index is 12.8. The zero-order valence-corrected chi connectivity index (χ0v) is 11.8. The number of hydrogen-bond donors (Lipinski definition) is 0. The Morgan fingerprint density at radius 2 is 2.00 bits per heavy atom. The van der Waals surface area contributed by atoms with Gasteiger partial charge in [0.1, 0.15) is 11.5 Å². The number of likely N-dealkylation sites (tertiary alicyclic amines) is 1. The number of imidazole rings is 1. The molecule has 1 saturated heterocycles. The van der Waals surface area contributed by atoms with Gasteiger partial charge in [0.15, 0.2) is 0 Å². The van der Waals surface area contributed by atoms with E-state index >= 15 is 0 Å². The molecule has 0 aromatic carbocycles. The lowest BCUT2D eigenvalue weighted by molar-refractivity contribution is -0.132. The molecule has 2 amide bonds. The zero-order chi connectivity index (χ0) is 15.4. The Bertz CT molecular complexity index is 605. The maximum absolute atomic E-state index is 12.8. The van der Waals surface area contributed by atoms with Crippen molar-refractivity contribution < 1.29 is 18.4 Å². The Labute approximate surface area is 120 Å². The van der Waals surface area contributed by atoms with E-state index in [0.29, 0.717) is 18.9 Å². The van der Waals surface area contributed by atoms with Crippen LogP contribution in [0.5, 0.6) is 0 Å². The van der Waals surface area contributed by atoms with Crippen LogP contribution < -0.4 is 0 Å². The molecule has 1 aromatic rings. The first-order valence-corrected chi connectivity index (χ1v) is 6.80. The van der Waals surface area contributed by atoms with Crippen LogP contribution >= 0.6 is 0 Å². The molecule has 3 heterocycles. The van der Waals surface area contributed by atoms with Crippen LogP contribution in [-0.4, -0.2) is 56.7 Å². The molecule has 0 radical (unpaired) electrons. The molecule has 1 atom stereocenters. The van der Waals surface area contributed by atoms with Gasteiger partial charge in [0.2, 0.25) is 5.91 Å². The Morgan fingerprint density at radius 3 is 2.57 bits per heavy atom. The summed E-state index contributed by atoms with van der Waals surface area (Å²) in [4.78, 5) is 30.6. The van der Waals surface area contributed by atoms with Gasteiger partial charge in [-0.15, -0.1) is 0 Å². The molecule has 0 bridgehead atoms. The molecular weight excluding hydrogens is 282 g/mol. The van der Waals surface area contributed by atoms with E-state index < -0.39 is 24.9 Å². The molecule has 2 aliphatic rings. The van der Waals surface area contributed by atoms with Gasteiger partial charge in [-0.1, -0.05) is 0 Å². The highest BCUT2D eigenvalue weighted by molar-refractivity contribution is 5.93. The van der Waals surface area contributed by atoms with Crippen LogP contribution in [0.25, 0.3) is 0 Å². The standard InChI is InChI=1S/C13H16F2N4O2/c1-8-11-16-10(12(21)18-6-13(14,15)7-18)5-17(11)3-4-19(8)9(2)20/h5,8H,3-4,6-7H2,1-2H3. The van der Waals surface area contributed by atoms with Crippen LogP contribution in [-0.2, 0) is 11.3 Å². The lowest BCUT2D eigenvalue weighted by Crippen LogP contribution is -2.58. The summed E-state index contributed by atoms with van der Waals surface area (Å²) in [5.74, 6) is -2.70. The minimum absolute atomic E-state index is 0.0491. The molecule has 3 rings (SSSR count). The van der Waals surface area contributed by atoms with E-state index in [0.717, 1.165) is 4.90 Å². The Kier molecular flexibility index (Phi) is 3.00. The summed E-state index contributed by atoms with van der Waals surface area (Å²) in [6.07, 6.45) is 1.59. The number of fused-ring (bicyclic) bond motifs is 1. The smallest absolute Gasteiger partial charge is 0.282 e. The SMILES string of the molecule is CC(=O)N1CCn2cc(C(=O)N3CC(F)(F)C3)nc2C1C. The van der Waals surface area contributed by atoms with Crippen molar-refractivity contribution >= 4 is 11.8 Å². The third-order valence-corrected chi connectivity index (χ3v) is 3.99. The van der Waals surface area contributed by atoms with Crippen molar-refractivity contribution in [3.8, 4) is 0 Å². The van der Waals surface area contributed by atoms with Gasteiger partial charge in [0, 0.05) is 26.2 Å². The summed E-state index contributed by atoms with van der Waals surface area (Å²) in [5, 5.41) is 0. The van der Waals surface area contributed by atoms with E-state index in [-0.39, 0.29) is 17.6 Å². The number of aromatic nitrogens is 2. The minimum Gasteiger partial charge on any atom is -0.331 e. The first-order valence-electron chi connectivity index (χ1n) is 6.80. The van der Waals surface area contributed by atoms with Gasteiger partial charge in [-0.25, -0.2) is 13.8 Å². The maximum Gasteiger partial charge on any atom is 0.282 e. The number of rotatable bonds is 1. The third-order valence-electron chi connectivity index (χ3n) is 3.99. The number of alkyl halides is 2. The first kappa shape index (κ1) is 14.0. The van der Waals surface area contributed by atoms with Crippen LogP contribution in [0, 0.1) is 0 Å². The molecule has 2 aliphatic heterocycles.